The van der Waals surface area contributed by atoms with E-state index in [1.165, 1.54) is 25.0 Å². The highest BCUT2D eigenvalue weighted by Crippen LogP contribution is 2.30. The monoisotopic (exact) mass is 358 g/mol. The van der Waals surface area contributed by atoms with Gasteiger partial charge in [-0.15, -0.1) is 0 Å². The Morgan fingerprint density at radius 2 is 1.73 bits per heavy atom. The Morgan fingerprint density at radius 3 is 2.08 bits per heavy atom. The molecule has 0 fully saturated rings. The lowest BCUT2D eigenvalue weighted by Gasteiger charge is -2.44. The van der Waals surface area contributed by atoms with Gasteiger partial charge in [0.05, 0.1) is 6.10 Å². The van der Waals surface area contributed by atoms with Gasteiger partial charge in [-0.2, -0.15) is 0 Å². The first-order valence-electron chi connectivity index (χ1n) is 9.33. The molecule has 5 nitrogen and oxygen atoms in total. The number of hydrogen-bond donors (Lipinski definition) is 2. The van der Waals surface area contributed by atoms with Crippen molar-refractivity contribution >= 4 is 11.7 Å². The number of Topliss-reactive ketones (excluding diaryl/α,β-unsaturated/α-hetero) is 1. The summed E-state index contributed by atoms with van der Waals surface area (Å²) in [6.07, 6.45) is 5.54. The number of ether oxygens (including phenoxy) is 1. The van der Waals surface area contributed by atoms with E-state index < -0.39 is 17.7 Å². The Kier molecular flexibility index (Phi) is 6.73. The number of fused-ring (bicyclic) bond motifs is 1. The van der Waals surface area contributed by atoms with Gasteiger partial charge in [0.15, 0.2) is 5.78 Å². The average Bonchev–Trinajstić information content (AvgIpc) is 2.58. The highest BCUT2D eigenvalue weighted by atomic mass is 16.5. The molecule has 3 aliphatic rings. The third-order valence-electron chi connectivity index (χ3n) is 5.17. The maximum atomic E-state index is 12.2. The van der Waals surface area contributed by atoms with E-state index in [0.717, 1.165) is 12.8 Å². The van der Waals surface area contributed by atoms with Crippen molar-refractivity contribution in [3.8, 4) is 11.1 Å². The molecule has 1 amide bonds. The maximum absolute atomic E-state index is 12.2. The molecule has 0 bridgehead atoms. The minimum atomic E-state index is -1.16. The molecule has 0 aromatic rings. The Balaban J connectivity index is 0.000000331. The molecule has 0 saturated carbocycles. The van der Waals surface area contributed by atoms with Gasteiger partial charge in [-0.1, -0.05) is 50.3 Å². The highest BCUT2D eigenvalue weighted by Gasteiger charge is 2.50. The molecule has 142 valence electrons. The van der Waals surface area contributed by atoms with Gasteiger partial charge in [0.1, 0.15) is 11.6 Å². The molecule has 0 spiro atoms. The molecule has 0 unspecified atom stereocenters. The minimum Gasteiger partial charge on any atom is -0.368 e. The van der Waals surface area contributed by atoms with Gasteiger partial charge in [-0.3, -0.25) is 9.59 Å². The first-order valence-corrected chi connectivity index (χ1v) is 9.33. The molecule has 26 heavy (non-hydrogen) atoms. The first kappa shape index (κ1) is 20.3. The molecular formula is C21H30N2O3. The number of carbonyl (C=O) groups is 2. The molecule has 3 atom stereocenters. The molecular weight excluding hydrogens is 328 g/mol. The van der Waals surface area contributed by atoms with Crippen molar-refractivity contribution < 1.29 is 14.3 Å². The average molecular weight is 358 g/mol. The van der Waals surface area contributed by atoms with Crippen LogP contribution in [0.5, 0.6) is 0 Å². The van der Waals surface area contributed by atoms with E-state index in [4.69, 9.17) is 10.5 Å². The summed E-state index contributed by atoms with van der Waals surface area (Å²) in [5.41, 5.74) is 7.83. The van der Waals surface area contributed by atoms with Gasteiger partial charge in [0.2, 0.25) is 5.91 Å². The molecule has 0 heterocycles. The van der Waals surface area contributed by atoms with Crippen LogP contribution in [0, 0.1) is 0 Å². The van der Waals surface area contributed by atoms with Crippen LogP contribution in [-0.2, 0) is 14.3 Å². The number of amides is 1. The molecule has 3 aliphatic carbocycles. The lowest BCUT2D eigenvalue weighted by atomic mass is 9.76. The van der Waals surface area contributed by atoms with Gasteiger partial charge in [0, 0.05) is 13.0 Å². The van der Waals surface area contributed by atoms with Gasteiger partial charge >= 0.3 is 0 Å². The number of benzene rings is 1. The van der Waals surface area contributed by atoms with Crippen LogP contribution in [0.25, 0.3) is 11.1 Å². The summed E-state index contributed by atoms with van der Waals surface area (Å²) >= 11 is 0. The first-order chi connectivity index (χ1) is 12.3. The van der Waals surface area contributed by atoms with E-state index in [1.54, 1.807) is 0 Å². The summed E-state index contributed by atoms with van der Waals surface area (Å²) in [6.45, 7) is 6.92. The topological polar surface area (TPSA) is 81.4 Å². The van der Waals surface area contributed by atoms with Crippen molar-refractivity contribution in [3.63, 3.8) is 0 Å². The second-order valence-electron chi connectivity index (χ2n) is 6.95. The van der Waals surface area contributed by atoms with Gasteiger partial charge in [-0.25, -0.2) is 0 Å². The van der Waals surface area contributed by atoms with E-state index in [1.807, 2.05) is 26.0 Å². The van der Waals surface area contributed by atoms with E-state index in [2.05, 4.69) is 29.6 Å². The normalized spacial score (nSPS) is 25.3. The lowest BCUT2D eigenvalue weighted by molar-refractivity contribution is -0.140. The predicted octanol–water partition coefficient (Wildman–Crippen LogP) is 2.98. The van der Waals surface area contributed by atoms with Crippen LogP contribution >= 0.6 is 0 Å². The zero-order chi connectivity index (χ0) is 19.3. The van der Waals surface area contributed by atoms with E-state index in [0.29, 0.717) is 6.42 Å². The fraction of sp³-hybridized carbons (Fsp3) is 0.524. The lowest BCUT2D eigenvalue weighted by Crippen LogP contribution is -2.71. The van der Waals surface area contributed by atoms with Gasteiger partial charge in [0.25, 0.3) is 0 Å². The zero-order valence-corrected chi connectivity index (χ0v) is 16.1. The second kappa shape index (κ2) is 8.60. The fourth-order valence-electron chi connectivity index (χ4n) is 3.41. The zero-order valence-electron chi connectivity index (χ0n) is 16.1. The summed E-state index contributed by atoms with van der Waals surface area (Å²) in [6, 6.07) is 8.00. The quantitative estimate of drug-likeness (QED) is 0.778. The van der Waals surface area contributed by atoms with Crippen molar-refractivity contribution in [1.29, 1.82) is 0 Å². The molecule has 0 aliphatic heterocycles. The molecule has 0 radical (unpaired) electrons. The summed E-state index contributed by atoms with van der Waals surface area (Å²) in [4.78, 5) is 23.8. The van der Waals surface area contributed by atoms with E-state index in [-0.39, 0.29) is 17.8 Å². The van der Waals surface area contributed by atoms with Crippen LogP contribution in [0.1, 0.15) is 47.0 Å². The van der Waals surface area contributed by atoms with Gasteiger partial charge in [-0.05, 0) is 37.3 Å². The van der Waals surface area contributed by atoms with E-state index >= 15 is 0 Å². The van der Waals surface area contributed by atoms with Crippen LogP contribution in [0.3, 0.4) is 0 Å². The van der Waals surface area contributed by atoms with Gasteiger partial charge < -0.3 is 15.8 Å². The maximum Gasteiger partial charge on any atom is 0.217 e. The molecule has 0 aromatic carbocycles. The van der Waals surface area contributed by atoms with Crippen molar-refractivity contribution in [3.05, 3.63) is 36.4 Å². The van der Waals surface area contributed by atoms with Crippen LogP contribution in [0.15, 0.2) is 36.4 Å². The Hall–Kier alpha value is -1.98. The second-order valence-corrected chi connectivity index (χ2v) is 6.95. The number of nitrogens with one attached hydrogen (secondary N) is 1. The molecule has 3 N–H and O–H groups in total. The largest absolute Gasteiger partial charge is 0.368 e. The Labute approximate surface area is 156 Å². The Morgan fingerprint density at radius 1 is 1.19 bits per heavy atom. The third kappa shape index (κ3) is 4.05. The number of hydrogen-bond acceptors (Lipinski definition) is 4. The highest BCUT2D eigenvalue weighted by molar-refractivity contribution is 5.93. The van der Waals surface area contributed by atoms with Crippen LogP contribution in [0.4, 0.5) is 0 Å². The summed E-state index contributed by atoms with van der Waals surface area (Å²) < 4.78 is 6.04. The van der Waals surface area contributed by atoms with Crippen molar-refractivity contribution in [2.24, 2.45) is 5.73 Å². The van der Waals surface area contributed by atoms with Crippen LogP contribution < -0.4 is 11.1 Å². The SMILES string of the molecule is CCC(CC)O[C@@H]1C=CC[C@H](N)[C@]1(NC(C)=O)C(C)=O.c1cc2ccc1-2. The number of rotatable bonds is 6. The summed E-state index contributed by atoms with van der Waals surface area (Å²) in [5, 5.41) is 2.76. The van der Waals surface area contributed by atoms with Crippen molar-refractivity contribution in [2.75, 3.05) is 0 Å². The molecule has 0 aromatic heterocycles. The minimum absolute atomic E-state index is 0.0439. The summed E-state index contributed by atoms with van der Waals surface area (Å²) in [5.74, 6) is -0.440. The van der Waals surface area contributed by atoms with Crippen molar-refractivity contribution in [2.45, 2.75) is 70.7 Å². The number of carbonyl (C=O) groups excluding carboxylic acids is 2. The Bertz CT molecular complexity index is 643. The smallest absolute Gasteiger partial charge is 0.217 e. The molecule has 0 saturated heterocycles. The molecule has 3 rings (SSSR count). The van der Waals surface area contributed by atoms with Crippen LogP contribution in [-0.4, -0.2) is 35.5 Å². The van der Waals surface area contributed by atoms with Crippen LogP contribution in [0.2, 0.25) is 0 Å². The van der Waals surface area contributed by atoms with E-state index in [9.17, 15) is 9.59 Å². The fourth-order valence-corrected chi connectivity index (χ4v) is 3.41. The summed E-state index contributed by atoms with van der Waals surface area (Å²) in [7, 11) is 0. The third-order valence-corrected chi connectivity index (χ3v) is 5.17. The number of nitrogens with two attached hydrogens (primary N) is 1. The standard InChI is InChI=1S/C15H26N2O3.C6H4/c1-5-12(6-2)20-14-9-7-8-13(16)15(14,10(3)18)17-11(4)19;1-2-6-4-3-5(1)6/h7,9,12-14H,5-6,8,16H2,1-4H3,(H,17,19);1-4H/t13-,14+,15+;/m0./s1. The van der Waals surface area contributed by atoms with Crippen molar-refractivity contribution in [1.82, 2.24) is 5.32 Å². The molecule has 5 heteroatoms. The predicted molar refractivity (Wildman–Crippen MR) is 104 cm³/mol. The number of ketones is 1.